The van der Waals surface area contributed by atoms with Crippen LogP contribution < -0.4 is 5.32 Å². The molecule has 0 fully saturated rings. The summed E-state index contributed by atoms with van der Waals surface area (Å²) < 4.78 is 37.6. The molecule has 1 amide bonds. The smallest absolute Gasteiger partial charge is 0.221 e. The van der Waals surface area contributed by atoms with Crippen molar-refractivity contribution in [3.05, 3.63) is 65.5 Å². The van der Waals surface area contributed by atoms with Crippen molar-refractivity contribution in [3.8, 4) is 0 Å². The highest BCUT2D eigenvalue weighted by molar-refractivity contribution is 7.91. The number of nitrogens with one attached hydrogen (secondary N) is 1. The summed E-state index contributed by atoms with van der Waals surface area (Å²) in [6.07, 6.45) is -0.120. The SMILES string of the molecule is CC(C)(C)c1ccc(S(=O)(=O)CCC(=O)NCc2ccc(F)cc2)cc1. The maximum absolute atomic E-state index is 12.8. The van der Waals surface area contributed by atoms with Gasteiger partial charge in [0.15, 0.2) is 9.84 Å². The summed E-state index contributed by atoms with van der Waals surface area (Å²) in [6, 6.07) is 12.6. The zero-order valence-corrected chi connectivity index (χ0v) is 16.1. The van der Waals surface area contributed by atoms with E-state index in [0.29, 0.717) is 0 Å². The van der Waals surface area contributed by atoms with Crippen LogP contribution in [0.4, 0.5) is 4.39 Å². The summed E-state index contributed by atoms with van der Waals surface area (Å²) in [4.78, 5) is 12.1. The molecule has 2 aromatic rings. The lowest BCUT2D eigenvalue weighted by Crippen LogP contribution is -2.25. The largest absolute Gasteiger partial charge is 0.352 e. The van der Waals surface area contributed by atoms with Gasteiger partial charge in [-0.15, -0.1) is 0 Å². The average Bonchev–Trinajstić information content (AvgIpc) is 2.59. The first-order valence-corrected chi connectivity index (χ1v) is 10.1. The summed E-state index contributed by atoms with van der Waals surface area (Å²) in [5.74, 6) is -0.954. The third-order valence-corrected chi connectivity index (χ3v) is 5.81. The number of hydrogen-bond donors (Lipinski definition) is 1. The molecule has 26 heavy (non-hydrogen) atoms. The van der Waals surface area contributed by atoms with Crippen LogP contribution in [0, 0.1) is 5.82 Å². The molecule has 0 spiro atoms. The average molecular weight is 377 g/mol. The molecule has 0 heterocycles. The second-order valence-corrected chi connectivity index (χ2v) is 9.36. The van der Waals surface area contributed by atoms with Crippen LogP contribution in [-0.2, 0) is 26.6 Å². The van der Waals surface area contributed by atoms with E-state index in [1.54, 1.807) is 24.3 Å². The lowest BCUT2D eigenvalue weighted by atomic mass is 9.87. The highest BCUT2D eigenvalue weighted by atomic mass is 32.2. The van der Waals surface area contributed by atoms with E-state index in [0.717, 1.165) is 11.1 Å². The standard InChI is InChI=1S/C20H24FNO3S/c1-20(2,3)16-6-10-18(11-7-16)26(24,25)13-12-19(23)22-14-15-4-8-17(21)9-5-15/h4-11H,12-14H2,1-3H3,(H,22,23). The van der Waals surface area contributed by atoms with E-state index in [1.165, 1.54) is 12.1 Å². The van der Waals surface area contributed by atoms with Crippen LogP contribution >= 0.6 is 0 Å². The maximum Gasteiger partial charge on any atom is 0.221 e. The van der Waals surface area contributed by atoms with Crippen molar-refractivity contribution in [2.45, 2.75) is 44.0 Å². The Morgan fingerprint density at radius 3 is 2.12 bits per heavy atom. The summed E-state index contributed by atoms with van der Waals surface area (Å²) in [7, 11) is -3.52. The van der Waals surface area contributed by atoms with Crippen molar-refractivity contribution in [2.75, 3.05) is 5.75 Å². The van der Waals surface area contributed by atoms with Crippen LogP contribution in [0.1, 0.15) is 38.3 Å². The molecule has 6 heteroatoms. The van der Waals surface area contributed by atoms with Gasteiger partial charge in [0.25, 0.3) is 0 Å². The first kappa shape index (κ1) is 20.1. The monoisotopic (exact) mass is 377 g/mol. The van der Waals surface area contributed by atoms with E-state index >= 15 is 0 Å². The van der Waals surface area contributed by atoms with Gasteiger partial charge in [-0.05, 0) is 40.8 Å². The Morgan fingerprint density at radius 2 is 1.58 bits per heavy atom. The first-order chi connectivity index (χ1) is 12.1. The molecule has 0 saturated carbocycles. The number of halogens is 1. The zero-order chi connectivity index (χ0) is 19.4. The molecule has 0 aromatic heterocycles. The van der Waals surface area contributed by atoms with E-state index in [1.807, 2.05) is 12.1 Å². The molecule has 0 aliphatic heterocycles. The summed E-state index contributed by atoms with van der Waals surface area (Å²) in [5.41, 5.74) is 1.75. The second-order valence-electron chi connectivity index (χ2n) is 7.25. The number of rotatable bonds is 6. The second kappa shape index (κ2) is 7.99. The van der Waals surface area contributed by atoms with Gasteiger partial charge in [0.1, 0.15) is 5.82 Å². The van der Waals surface area contributed by atoms with Gasteiger partial charge in [0.2, 0.25) is 5.91 Å². The van der Waals surface area contributed by atoms with Crippen molar-refractivity contribution in [1.82, 2.24) is 5.32 Å². The summed E-state index contributed by atoms with van der Waals surface area (Å²) in [6.45, 7) is 6.41. The van der Waals surface area contributed by atoms with Gasteiger partial charge in [0, 0.05) is 13.0 Å². The van der Waals surface area contributed by atoms with E-state index in [4.69, 9.17) is 0 Å². The lowest BCUT2D eigenvalue weighted by Gasteiger charge is -2.19. The Morgan fingerprint density at radius 1 is 1.00 bits per heavy atom. The van der Waals surface area contributed by atoms with Gasteiger partial charge in [-0.2, -0.15) is 0 Å². The predicted octanol–water partition coefficient (Wildman–Crippen LogP) is 3.60. The summed E-state index contributed by atoms with van der Waals surface area (Å²) in [5, 5.41) is 2.65. The lowest BCUT2D eigenvalue weighted by molar-refractivity contribution is -0.120. The fraction of sp³-hybridized carbons (Fsp3) is 0.350. The Hall–Kier alpha value is -2.21. The molecule has 0 saturated heterocycles. The fourth-order valence-corrected chi connectivity index (χ4v) is 3.64. The molecular formula is C20H24FNO3S. The molecular weight excluding hydrogens is 353 g/mol. The van der Waals surface area contributed by atoms with Crippen molar-refractivity contribution in [3.63, 3.8) is 0 Å². The van der Waals surface area contributed by atoms with E-state index < -0.39 is 9.84 Å². The van der Waals surface area contributed by atoms with Gasteiger partial charge >= 0.3 is 0 Å². The van der Waals surface area contributed by atoms with Crippen molar-refractivity contribution in [2.24, 2.45) is 0 Å². The quantitative estimate of drug-likeness (QED) is 0.837. The normalized spacial score (nSPS) is 12.0. The number of carbonyl (C=O) groups excluding carboxylic acids is 1. The van der Waals surface area contributed by atoms with E-state index in [9.17, 15) is 17.6 Å². The molecule has 2 rings (SSSR count). The number of sulfone groups is 1. The van der Waals surface area contributed by atoms with Crippen LogP contribution in [0.15, 0.2) is 53.4 Å². The number of benzene rings is 2. The molecule has 1 N–H and O–H groups in total. The highest BCUT2D eigenvalue weighted by Crippen LogP contribution is 2.23. The molecule has 0 atom stereocenters. The van der Waals surface area contributed by atoms with E-state index in [2.05, 4.69) is 26.1 Å². The Bertz CT molecular complexity index is 851. The summed E-state index contributed by atoms with van der Waals surface area (Å²) >= 11 is 0. The highest BCUT2D eigenvalue weighted by Gasteiger charge is 2.18. The van der Waals surface area contributed by atoms with Crippen LogP contribution in [0.2, 0.25) is 0 Å². The first-order valence-electron chi connectivity index (χ1n) is 8.42. The zero-order valence-electron chi connectivity index (χ0n) is 15.3. The molecule has 0 aliphatic carbocycles. The fourth-order valence-electron chi connectivity index (χ4n) is 2.40. The van der Waals surface area contributed by atoms with Crippen molar-refractivity contribution < 1.29 is 17.6 Å². The molecule has 4 nitrogen and oxygen atoms in total. The minimum absolute atomic E-state index is 0.0530. The Balaban J connectivity index is 1.90. The van der Waals surface area contributed by atoms with Crippen molar-refractivity contribution >= 4 is 15.7 Å². The Kier molecular flexibility index (Phi) is 6.18. The molecule has 2 aromatic carbocycles. The Labute approximate surface area is 154 Å². The number of amides is 1. The van der Waals surface area contributed by atoms with Gasteiger partial charge in [-0.3, -0.25) is 4.79 Å². The third-order valence-electron chi connectivity index (χ3n) is 4.08. The van der Waals surface area contributed by atoms with Gasteiger partial charge < -0.3 is 5.32 Å². The topological polar surface area (TPSA) is 63.2 Å². The minimum Gasteiger partial charge on any atom is -0.352 e. The predicted molar refractivity (Wildman–Crippen MR) is 100 cm³/mol. The third kappa shape index (κ3) is 5.66. The van der Waals surface area contributed by atoms with Crippen LogP contribution in [0.3, 0.4) is 0 Å². The van der Waals surface area contributed by atoms with Gasteiger partial charge in [-0.25, -0.2) is 12.8 Å². The molecule has 0 radical (unpaired) electrons. The number of carbonyl (C=O) groups is 1. The van der Waals surface area contributed by atoms with Gasteiger partial charge in [0.05, 0.1) is 10.6 Å². The van der Waals surface area contributed by atoms with E-state index in [-0.39, 0.29) is 40.8 Å². The number of hydrogen-bond acceptors (Lipinski definition) is 3. The van der Waals surface area contributed by atoms with Crippen LogP contribution in [0.5, 0.6) is 0 Å². The molecule has 0 aliphatic rings. The van der Waals surface area contributed by atoms with Crippen molar-refractivity contribution in [1.29, 1.82) is 0 Å². The molecule has 0 bridgehead atoms. The van der Waals surface area contributed by atoms with Crippen LogP contribution in [-0.4, -0.2) is 20.1 Å². The van der Waals surface area contributed by atoms with Gasteiger partial charge in [-0.1, -0.05) is 45.0 Å². The molecule has 0 unspecified atom stereocenters. The maximum atomic E-state index is 12.8. The van der Waals surface area contributed by atoms with Crippen LogP contribution in [0.25, 0.3) is 0 Å². The molecule has 140 valence electrons. The minimum atomic E-state index is -3.52.